The van der Waals surface area contributed by atoms with Gasteiger partial charge in [-0.05, 0) is 19.1 Å². The van der Waals surface area contributed by atoms with Crippen LogP contribution >= 0.6 is 0 Å². The van der Waals surface area contributed by atoms with Crippen molar-refractivity contribution < 1.29 is 9.15 Å². The molecule has 2 atom stereocenters. The molecule has 5 nitrogen and oxygen atoms in total. The number of imidazole rings is 1. The van der Waals surface area contributed by atoms with E-state index in [9.17, 15) is 0 Å². The third-order valence-corrected chi connectivity index (χ3v) is 2.81. The molecule has 0 saturated heterocycles. The third kappa shape index (κ3) is 2.80. The first-order chi connectivity index (χ1) is 8.72. The normalized spacial score (nSPS) is 14.6. The van der Waals surface area contributed by atoms with E-state index in [0.29, 0.717) is 6.61 Å². The van der Waals surface area contributed by atoms with E-state index in [4.69, 9.17) is 9.15 Å². The summed E-state index contributed by atoms with van der Waals surface area (Å²) in [6.07, 6.45) is 5.38. The molecule has 2 heterocycles. The largest absolute Gasteiger partial charge is 0.467 e. The number of aromatic nitrogens is 2. The molecule has 0 aromatic carbocycles. The van der Waals surface area contributed by atoms with Crippen LogP contribution in [0.1, 0.15) is 24.6 Å². The van der Waals surface area contributed by atoms with Gasteiger partial charge in [0.1, 0.15) is 17.6 Å². The SMILES string of the molecule is COCC(C)NC(c1ccco1)c1nccn1C. The highest BCUT2D eigenvalue weighted by atomic mass is 16.5. The molecule has 0 fully saturated rings. The van der Waals surface area contributed by atoms with E-state index in [-0.39, 0.29) is 12.1 Å². The van der Waals surface area contributed by atoms with Gasteiger partial charge in [0, 0.05) is 32.6 Å². The van der Waals surface area contributed by atoms with Gasteiger partial charge in [-0.1, -0.05) is 0 Å². The van der Waals surface area contributed by atoms with Crippen molar-refractivity contribution in [3.8, 4) is 0 Å². The Morgan fingerprint density at radius 2 is 2.39 bits per heavy atom. The molecule has 18 heavy (non-hydrogen) atoms. The minimum atomic E-state index is -0.0647. The zero-order chi connectivity index (χ0) is 13.0. The summed E-state index contributed by atoms with van der Waals surface area (Å²) in [6, 6.07) is 3.98. The molecular formula is C13H19N3O2. The molecule has 0 bridgehead atoms. The van der Waals surface area contributed by atoms with Crippen molar-refractivity contribution in [2.45, 2.75) is 19.0 Å². The van der Waals surface area contributed by atoms with Crippen LogP contribution in [0.15, 0.2) is 35.2 Å². The Balaban J connectivity index is 2.22. The standard InChI is InChI=1S/C13H19N3O2/c1-10(9-17-3)15-12(11-5-4-8-18-11)13-14-6-7-16(13)2/h4-8,10,12,15H,9H2,1-3H3. The highest BCUT2D eigenvalue weighted by Crippen LogP contribution is 2.21. The van der Waals surface area contributed by atoms with Crippen molar-refractivity contribution in [1.29, 1.82) is 0 Å². The fourth-order valence-electron chi connectivity index (χ4n) is 1.98. The lowest BCUT2D eigenvalue weighted by molar-refractivity contribution is 0.166. The van der Waals surface area contributed by atoms with Crippen LogP contribution in [0, 0.1) is 0 Å². The summed E-state index contributed by atoms with van der Waals surface area (Å²) in [4.78, 5) is 4.38. The van der Waals surface area contributed by atoms with Crippen LogP contribution in [0.3, 0.4) is 0 Å². The molecule has 0 aliphatic heterocycles. The van der Waals surface area contributed by atoms with Gasteiger partial charge in [-0.3, -0.25) is 5.32 Å². The number of nitrogens with one attached hydrogen (secondary N) is 1. The van der Waals surface area contributed by atoms with E-state index >= 15 is 0 Å². The molecule has 2 aromatic heterocycles. The van der Waals surface area contributed by atoms with E-state index in [2.05, 4.69) is 17.2 Å². The number of furan rings is 1. The first-order valence-electron chi connectivity index (χ1n) is 5.98. The summed E-state index contributed by atoms with van der Waals surface area (Å²) < 4.78 is 12.6. The van der Waals surface area contributed by atoms with E-state index in [0.717, 1.165) is 11.6 Å². The minimum Gasteiger partial charge on any atom is -0.467 e. The molecule has 1 N–H and O–H groups in total. The first kappa shape index (κ1) is 12.9. The first-order valence-corrected chi connectivity index (χ1v) is 5.98. The van der Waals surface area contributed by atoms with Gasteiger partial charge in [-0.15, -0.1) is 0 Å². The number of rotatable bonds is 6. The van der Waals surface area contributed by atoms with Crippen LogP contribution < -0.4 is 5.32 Å². The second-order valence-electron chi connectivity index (χ2n) is 4.37. The topological polar surface area (TPSA) is 52.2 Å². The molecule has 2 aromatic rings. The van der Waals surface area contributed by atoms with Crippen molar-refractivity contribution in [2.75, 3.05) is 13.7 Å². The summed E-state index contributed by atoms with van der Waals surface area (Å²) in [5, 5.41) is 3.46. The van der Waals surface area contributed by atoms with Gasteiger partial charge >= 0.3 is 0 Å². The highest BCUT2D eigenvalue weighted by Gasteiger charge is 2.22. The molecule has 2 unspecified atom stereocenters. The molecule has 2 rings (SSSR count). The maximum Gasteiger partial charge on any atom is 0.133 e. The number of methoxy groups -OCH3 is 1. The molecule has 98 valence electrons. The van der Waals surface area contributed by atoms with E-state index in [1.807, 2.05) is 29.9 Å². The maximum absolute atomic E-state index is 5.50. The molecule has 0 aliphatic carbocycles. The van der Waals surface area contributed by atoms with Crippen LogP contribution in [0.2, 0.25) is 0 Å². The smallest absolute Gasteiger partial charge is 0.133 e. The fourth-order valence-corrected chi connectivity index (χ4v) is 1.98. The zero-order valence-corrected chi connectivity index (χ0v) is 11.0. The summed E-state index contributed by atoms with van der Waals surface area (Å²) >= 11 is 0. The lowest BCUT2D eigenvalue weighted by Gasteiger charge is -2.21. The number of ether oxygens (including phenoxy) is 1. The average molecular weight is 249 g/mol. The highest BCUT2D eigenvalue weighted by molar-refractivity contribution is 5.16. The molecule has 0 amide bonds. The Labute approximate surface area is 107 Å². The van der Waals surface area contributed by atoms with Crippen molar-refractivity contribution in [2.24, 2.45) is 7.05 Å². The van der Waals surface area contributed by atoms with Gasteiger partial charge in [-0.2, -0.15) is 0 Å². The van der Waals surface area contributed by atoms with Crippen molar-refractivity contribution in [1.82, 2.24) is 14.9 Å². The molecule has 0 spiro atoms. The molecule has 0 aliphatic rings. The lowest BCUT2D eigenvalue weighted by Crippen LogP contribution is -2.35. The molecule has 0 saturated carbocycles. The number of hydrogen-bond donors (Lipinski definition) is 1. The number of nitrogens with zero attached hydrogens (tertiary/aromatic N) is 2. The van der Waals surface area contributed by atoms with Gasteiger partial charge in [0.05, 0.1) is 12.9 Å². The second-order valence-corrected chi connectivity index (χ2v) is 4.37. The van der Waals surface area contributed by atoms with Crippen LogP contribution in [0.5, 0.6) is 0 Å². The van der Waals surface area contributed by atoms with Gasteiger partial charge in [0.25, 0.3) is 0 Å². The Morgan fingerprint density at radius 3 is 2.94 bits per heavy atom. The van der Waals surface area contributed by atoms with Crippen LogP contribution in [-0.4, -0.2) is 29.3 Å². The Morgan fingerprint density at radius 1 is 1.56 bits per heavy atom. The minimum absolute atomic E-state index is 0.0647. The average Bonchev–Trinajstić information content (AvgIpc) is 2.97. The predicted molar refractivity (Wildman–Crippen MR) is 68.2 cm³/mol. The zero-order valence-electron chi connectivity index (χ0n) is 11.0. The van der Waals surface area contributed by atoms with Crippen molar-refractivity contribution in [3.63, 3.8) is 0 Å². The van der Waals surface area contributed by atoms with Crippen molar-refractivity contribution >= 4 is 0 Å². The summed E-state index contributed by atoms with van der Waals surface area (Å²) in [5.41, 5.74) is 0. The Bertz CT molecular complexity index is 464. The van der Waals surface area contributed by atoms with Crippen LogP contribution in [0.25, 0.3) is 0 Å². The quantitative estimate of drug-likeness (QED) is 0.847. The molecular weight excluding hydrogens is 230 g/mol. The van der Waals surface area contributed by atoms with Gasteiger partial charge in [0.2, 0.25) is 0 Å². The van der Waals surface area contributed by atoms with E-state index in [1.54, 1.807) is 19.6 Å². The van der Waals surface area contributed by atoms with Crippen LogP contribution in [-0.2, 0) is 11.8 Å². The summed E-state index contributed by atoms with van der Waals surface area (Å²) in [5.74, 6) is 1.78. The van der Waals surface area contributed by atoms with Gasteiger partial charge < -0.3 is 13.7 Å². The third-order valence-electron chi connectivity index (χ3n) is 2.81. The Kier molecular flexibility index (Phi) is 4.17. The predicted octanol–water partition coefficient (Wildman–Crippen LogP) is 1.73. The summed E-state index contributed by atoms with van der Waals surface area (Å²) in [6.45, 7) is 2.71. The summed E-state index contributed by atoms with van der Waals surface area (Å²) in [7, 11) is 3.67. The van der Waals surface area contributed by atoms with Crippen LogP contribution in [0.4, 0.5) is 0 Å². The monoisotopic (exact) mass is 249 g/mol. The molecule has 0 radical (unpaired) electrons. The van der Waals surface area contributed by atoms with Crippen molar-refractivity contribution in [3.05, 3.63) is 42.4 Å². The van der Waals surface area contributed by atoms with Gasteiger partial charge in [0.15, 0.2) is 0 Å². The number of aryl methyl sites for hydroxylation is 1. The number of hydrogen-bond acceptors (Lipinski definition) is 4. The van der Waals surface area contributed by atoms with Gasteiger partial charge in [-0.25, -0.2) is 4.98 Å². The van der Waals surface area contributed by atoms with E-state index < -0.39 is 0 Å². The second kappa shape index (κ2) is 5.84. The maximum atomic E-state index is 5.50. The fraction of sp³-hybridized carbons (Fsp3) is 0.462. The Hall–Kier alpha value is -1.59. The lowest BCUT2D eigenvalue weighted by atomic mass is 10.2. The van der Waals surface area contributed by atoms with E-state index in [1.165, 1.54) is 0 Å². The molecule has 5 heteroatoms.